The Labute approximate surface area is 213 Å². The Morgan fingerprint density at radius 2 is 1.64 bits per heavy atom. The first-order valence-corrected chi connectivity index (χ1v) is 11.8. The molecule has 2 aromatic heterocycles. The Bertz CT molecular complexity index is 1520. The highest BCUT2D eigenvalue weighted by Gasteiger charge is 2.22. The SMILES string of the molecule is Cc1nn(Cc2c(F)cccc2Cl)c(C)c1NC(=O)c1cn(-c2ccccc2)nc1-c1ccccc1. The number of carbonyl (C=O) groups is 1. The first kappa shape index (κ1) is 23.5. The molecule has 0 fully saturated rings. The number of anilines is 1. The van der Waals surface area contributed by atoms with Crippen molar-refractivity contribution in [2.45, 2.75) is 20.4 Å². The number of amides is 1. The van der Waals surface area contributed by atoms with Crippen LogP contribution in [0.4, 0.5) is 10.1 Å². The largest absolute Gasteiger partial charge is 0.319 e. The second-order valence-electron chi connectivity index (χ2n) is 8.40. The predicted molar refractivity (Wildman–Crippen MR) is 139 cm³/mol. The van der Waals surface area contributed by atoms with Crippen molar-refractivity contribution in [3.8, 4) is 16.9 Å². The van der Waals surface area contributed by atoms with Gasteiger partial charge in [-0.05, 0) is 38.1 Å². The predicted octanol–water partition coefficient (Wildman–Crippen LogP) is 6.45. The van der Waals surface area contributed by atoms with Gasteiger partial charge in [-0.2, -0.15) is 10.2 Å². The van der Waals surface area contributed by atoms with Gasteiger partial charge in [0.1, 0.15) is 11.5 Å². The van der Waals surface area contributed by atoms with Gasteiger partial charge in [0, 0.05) is 22.3 Å². The normalized spacial score (nSPS) is 11.0. The van der Waals surface area contributed by atoms with E-state index in [9.17, 15) is 9.18 Å². The van der Waals surface area contributed by atoms with Crippen molar-refractivity contribution >= 4 is 23.2 Å². The summed E-state index contributed by atoms with van der Waals surface area (Å²) in [6.07, 6.45) is 1.72. The fraction of sp³-hybridized carbons (Fsp3) is 0.107. The zero-order chi connectivity index (χ0) is 25.2. The van der Waals surface area contributed by atoms with E-state index in [4.69, 9.17) is 16.7 Å². The van der Waals surface area contributed by atoms with Crippen LogP contribution in [-0.4, -0.2) is 25.5 Å². The lowest BCUT2D eigenvalue weighted by molar-refractivity contribution is 0.102. The topological polar surface area (TPSA) is 64.7 Å². The van der Waals surface area contributed by atoms with Crippen LogP contribution in [0.5, 0.6) is 0 Å². The van der Waals surface area contributed by atoms with Crippen LogP contribution in [0.25, 0.3) is 16.9 Å². The van der Waals surface area contributed by atoms with Crippen LogP contribution in [0.15, 0.2) is 85.1 Å². The highest BCUT2D eigenvalue weighted by Crippen LogP contribution is 2.28. The lowest BCUT2D eigenvalue weighted by Gasteiger charge is -2.09. The minimum Gasteiger partial charge on any atom is -0.319 e. The monoisotopic (exact) mass is 499 g/mol. The number of aromatic nitrogens is 4. The van der Waals surface area contributed by atoms with Crippen LogP contribution < -0.4 is 5.32 Å². The number of hydrogen-bond donors (Lipinski definition) is 1. The summed E-state index contributed by atoms with van der Waals surface area (Å²) < 4.78 is 17.7. The van der Waals surface area contributed by atoms with Crippen molar-refractivity contribution < 1.29 is 9.18 Å². The smallest absolute Gasteiger partial charge is 0.259 e. The molecule has 0 radical (unpaired) electrons. The maximum Gasteiger partial charge on any atom is 0.259 e. The van der Waals surface area contributed by atoms with Crippen molar-refractivity contribution in [3.05, 3.63) is 118 Å². The number of hydrogen-bond acceptors (Lipinski definition) is 3. The number of aryl methyl sites for hydroxylation is 1. The Hall–Kier alpha value is -4.23. The molecule has 6 nitrogen and oxygen atoms in total. The molecule has 0 unspecified atom stereocenters. The van der Waals surface area contributed by atoms with E-state index in [1.807, 2.05) is 67.6 Å². The maximum atomic E-state index is 14.3. The van der Waals surface area contributed by atoms with Crippen molar-refractivity contribution in [2.75, 3.05) is 5.32 Å². The molecule has 0 aliphatic heterocycles. The third kappa shape index (κ3) is 4.53. The summed E-state index contributed by atoms with van der Waals surface area (Å²) in [4.78, 5) is 13.6. The van der Waals surface area contributed by atoms with Crippen LogP contribution in [0, 0.1) is 19.7 Å². The second kappa shape index (κ2) is 9.79. The molecular formula is C28H23ClFN5O. The number of halogens is 2. The molecular weight excluding hydrogens is 477 g/mol. The number of rotatable bonds is 6. The van der Waals surface area contributed by atoms with E-state index in [0.29, 0.717) is 38.9 Å². The molecule has 0 saturated heterocycles. The van der Waals surface area contributed by atoms with Crippen LogP contribution in [0.3, 0.4) is 0 Å². The zero-order valence-electron chi connectivity index (χ0n) is 19.7. The van der Waals surface area contributed by atoms with Gasteiger partial charge >= 0.3 is 0 Å². The average Bonchev–Trinajstić information content (AvgIpc) is 3.45. The van der Waals surface area contributed by atoms with E-state index >= 15 is 0 Å². The summed E-state index contributed by atoms with van der Waals surface area (Å²) in [6, 6.07) is 23.8. The molecule has 3 aromatic carbocycles. The van der Waals surface area contributed by atoms with Crippen molar-refractivity contribution in [2.24, 2.45) is 0 Å². The molecule has 0 atom stereocenters. The van der Waals surface area contributed by atoms with Gasteiger partial charge < -0.3 is 5.32 Å². The summed E-state index contributed by atoms with van der Waals surface area (Å²) in [5.74, 6) is -0.716. The van der Waals surface area contributed by atoms with Gasteiger partial charge in [0.15, 0.2) is 0 Å². The molecule has 0 spiro atoms. The Kier molecular flexibility index (Phi) is 6.40. The van der Waals surface area contributed by atoms with Gasteiger partial charge in [-0.1, -0.05) is 66.2 Å². The van der Waals surface area contributed by atoms with Crippen LogP contribution >= 0.6 is 11.6 Å². The molecule has 1 amide bonds. The Morgan fingerprint density at radius 1 is 0.944 bits per heavy atom. The van der Waals surface area contributed by atoms with Gasteiger partial charge in [-0.3, -0.25) is 9.48 Å². The molecule has 0 bridgehead atoms. The van der Waals surface area contributed by atoms with Crippen LogP contribution in [0.2, 0.25) is 5.02 Å². The minimum absolute atomic E-state index is 0.148. The molecule has 0 aliphatic rings. The third-order valence-electron chi connectivity index (χ3n) is 6.02. The van der Waals surface area contributed by atoms with E-state index < -0.39 is 5.82 Å². The van der Waals surface area contributed by atoms with Gasteiger partial charge in [-0.15, -0.1) is 0 Å². The number of nitrogens with one attached hydrogen (secondary N) is 1. The van der Waals surface area contributed by atoms with Gasteiger partial charge in [0.05, 0.1) is 34.9 Å². The third-order valence-corrected chi connectivity index (χ3v) is 6.37. The molecule has 5 rings (SSSR count). The lowest BCUT2D eigenvalue weighted by Crippen LogP contribution is -2.14. The van der Waals surface area contributed by atoms with E-state index in [-0.39, 0.29) is 12.5 Å². The highest BCUT2D eigenvalue weighted by molar-refractivity contribution is 6.31. The Morgan fingerprint density at radius 3 is 2.33 bits per heavy atom. The quantitative estimate of drug-likeness (QED) is 0.292. The van der Waals surface area contributed by atoms with Gasteiger partial charge in [0.2, 0.25) is 0 Å². The maximum absolute atomic E-state index is 14.3. The number of benzene rings is 3. The van der Waals surface area contributed by atoms with Crippen molar-refractivity contribution in [3.63, 3.8) is 0 Å². The fourth-order valence-electron chi connectivity index (χ4n) is 4.11. The second-order valence-corrected chi connectivity index (χ2v) is 8.80. The summed E-state index contributed by atoms with van der Waals surface area (Å²) in [5, 5.41) is 12.6. The summed E-state index contributed by atoms with van der Waals surface area (Å²) in [7, 11) is 0. The zero-order valence-corrected chi connectivity index (χ0v) is 20.5. The summed E-state index contributed by atoms with van der Waals surface area (Å²) in [6.45, 7) is 3.78. The number of para-hydroxylation sites is 1. The van der Waals surface area contributed by atoms with Crippen LogP contribution in [-0.2, 0) is 6.54 Å². The molecule has 8 heteroatoms. The fourth-order valence-corrected chi connectivity index (χ4v) is 4.33. The molecule has 2 heterocycles. The molecule has 36 heavy (non-hydrogen) atoms. The van der Waals surface area contributed by atoms with Crippen LogP contribution in [0.1, 0.15) is 27.3 Å². The average molecular weight is 500 g/mol. The van der Waals surface area contributed by atoms with E-state index in [1.54, 1.807) is 34.6 Å². The van der Waals surface area contributed by atoms with Crippen molar-refractivity contribution in [1.29, 1.82) is 0 Å². The van der Waals surface area contributed by atoms with E-state index in [2.05, 4.69) is 10.4 Å². The standard InChI is InChI=1S/C28H23ClFN5O/c1-18-26(19(2)34(32-18)16-22-24(29)14-9-15-25(22)30)31-28(36)23-17-35(21-12-7-4-8-13-21)33-27(23)20-10-5-3-6-11-20/h3-15,17H,16H2,1-2H3,(H,31,36). The number of nitrogens with zero attached hydrogens (tertiary/aromatic N) is 4. The van der Waals surface area contributed by atoms with Gasteiger partial charge in [-0.25, -0.2) is 9.07 Å². The summed E-state index contributed by atoms with van der Waals surface area (Å²) in [5.41, 5.74) is 4.89. The molecule has 1 N–H and O–H groups in total. The molecule has 0 aliphatic carbocycles. The van der Waals surface area contributed by atoms with Gasteiger partial charge in [0.25, 0.3) is 5.91 Å². The van der Waals surface area contributed by atoms with E-state index in [1.165, 1.54) is 6.07 Å². The molecule has 0 saturated carbocycles. The first-order valence-electron chi connectivity index (χ1n) is 11.4. The number of carbonyl (C=O) groups excluding carboxylic acids is 1. The summed E-state index contributed by atoms with van der Waals surface area (Å²) >= 11 is 6.21. The van der Waals surface area contributed by atoms with Crippen molar-refractivity contribution in [1.82, 2.24) is 19.6 Å². The minimum atomic E-state index is -0.401. The molecule has 5 aromatic rings. The Balaban J connectivity index is 1.49. The first-order chi connectivity index (χ1) is 17.4. The molecule has 180 valence electrons. The van der Waals surface area contributed by atoms with E-state index in [0.717, 1.165) is 11.3 Å². The highest BCUT2D eigenvalue weighted by atomic mass is 35.5. The lowest BCUT2D eigenvalue weighted by atomic mass is 10.1.